The first-order chi connectivity index (χ1) is 7.50. The number of carboxylic acids is 1. The lowest BCUT2D eigenvalue weighted by molar-refractivity contribution is -0.140. The maximum atomic E-state index is 11.3. The molecule has 0 radical (unpaired) electrons. The first-order valence-electron chi connectivity index (χ1n) is 5.44. The number of hydrogen-bond donors (Lipinski definition) is 3. The van der Waals surface area contributed by atoms with Gasteiger partial charge in [0.15, 0.2) is 0 Å². The van der Waals surface area contributed by atoms with Crippen LogP contribution in [0.4, 0.5) is 4.79 Å². The fourth-order valence-electron chi connectivity index (χ4n) is 1.70. The highest BCUT2D eigenvalue weighted by atomic mass is 16.6. The van der Waals surface area contributed by atoms with Gasteiger partial charge in [-0.1, -0.05) is 0 Å². The number of carbonyl (C=O) groups excluding carboxylic acids is 1. The zero-order valence-corrected chi connectivity index (χ0v) is 9.53. The van der Waals surface area contributed by atoms with Gasteiger partial charge in [-0.3, -0.25) is 4.79 Å². The largest absolute Gasteiger partial charge is 0.480 e. The lowest BCUT2D eigenvalue weighted by Gasteiger charge is -2.30. The zero-order valence-electron chi connectivity index (χ0n) is 9.53. The van der Waals surface area contributed by atoms with E-state index < -0.39 is 24.1 Å². The highest BCUT2D eigenvalue weighted by Crippen LogP contribution is 2.09. The predicted molar refractivity (Wildman–Crippen MR) is 57.2 cm³/mol. The number of ether oxygens (including phenoxy) is 1. The molecule has 1 rings (SSSR count). The summed E-state index contributed by atoms with van der Waals surface area (Å²) in [6, 6.07) is -1.13. The van der Waals surface area contributed by atoms with Crippen LogP contribution >= 0.6 is 0 Å². The summed E-state index contributed by atoms with van der Waals surface area (Å²) in [5, 5.41) is 14.4. The number of piperidine rings is 1. The Hall–Kier alpha value is -1.30. The van der Waals surface area contributed by atoms with Crippen molar-refractivity contribution < 1.29 is 19.4 Å². The van der Waals surface area contributed by atoms with Crippen LogP contribution in [0.5, 0.6) is 0 Å². The van der Waals surface area contributed by atoms with Crippen molar-refractivity contribution >= 4 is 12.1 Å². The van der Waals surface area contributed by atoms with Gasteiger partial charge in [-0.05, 0) is 33.2 Å². The first-order valence-corrected chi connectivity index (χ1v) is 5.44. The quantitative estimate of drug-likeness (QED) is 0.650. The van der Waals surface area contributed by atoms with Crippen LogP contribution in [0, 0.1) is 0 Å². The Morgan fingerprint density at radius 3 is 2.75 bits per heavy atom. The van der Waals surface area contributed by atoms with Gasteiger partial charge in [-0.15, -0.1) is 0 Å². The molecule has 1 saturated heterocycles. The summed E-state index contributed by atoms with van der Waals surface area (Å²) < 4.78 is 4.91. The summed E-state index contributed by atoms with van der Waals surface area (Å²) in [4.78, 5) is 22.2. The Kier molecular flexibility index (Phi) is 4.54. The monoisotopic (exact) mass is 230 g/mol. The lowest BCUT2D eigenvalue weighted by Crippen LogP contribution is -2.57. The van der Waals surface area contributed by atoms with Gasteiger partial charge >= 0.3 is 12.1 Å². The van der Waals surface area contributed by atoms with Gasteiger partial charge in [0.25, 0.3) is 0 Å². The second-order valence-electron chi connectivity index (χ2n) is 4.12. The third-order valence-corrected chi connectivity index (χ3v) is 2.37. The molecule has 0 aromatic heterocycles. The molecule has 1 aliphatic rings. The van der Waals surface area contributed by atoms with Crippen molar-refractivity contribution in [2.24, 2.45) is 0 Å². The highest BCUT2D eigenvalue weighted by molar-refractivity contribution is 5.76. The lowest BCUT2D eigenvalue weighted by atomic mass is 9.99. The summed E-state index contributed by atoms with van der Waals surface area (Å²) in [5.41, 5.74) is 0. The van der Waals surface area contributed by atoms with E-state index in [1.54, 1.807) is 13.8 Å². The minimum Gasteiger partial charge on any atom is -0.480 e. The minimum atomic E-state index is -0.949. The summed E-state index contributed by atoms with van der Waals surface area (Å²) in [6.07, 6.45) is 0.725. The molecule has 0 unspecified atom stereocenters. The molecule has 0 bridgehead atoms. The van der Waals surface area contributed by atoms with Crippen LogP contribution in [0.25, 0.3) is 0 Å². The van der Waals surface area contributed by atoms with E-state index in [1.165, 1.54) is 0 Å². The van der Waals surface area contributed by atoms with Gasteiger partial charge in [-0.2, -0.15) is 0 Å². The van der Waals surface area contributed by atoms with Crippen LogP contribution in [0.15, 0.2) is 0 Å². The number of alkyl carbamates (subject to hydrolysis) is 1. The van der Waals surface area contributed by atoms with Crippen LogP contribution in [0.1, 0.15) is 26.7 Å². The minimum absolute atomic E-state index is 0.208. The van der Waals surface area contributed by atoms with Gasteiger partial charge in [0.1, 0.15) is 6.04 Å². The van der Waals surface area contributed by atoms with Crippen molar-refractivity contribution in [2.45, 2.75) is 44.9 Å². The number of carboxylic acid groups (broad SMARTS) is 1. The molecule has 6 nitrogen and oxygen atoms in total. The van der Waals surface area contributed by atoms with Crippen molar-refractivity contribution in [3.8, 4) is 0 Å². The molecule has 3 N–H and O–H groups in total. The molecule has 1 aliphatic heterocycles. The molecule has 0 aromatic rings. The number of rotatable bonds is 3. The molecule has 1 heterocycles. The average molecular weight is 230 g/mol. The van der Waals surface area contributed by atoms with Gasteiger partial charge in [0, 0.05) is 0 Å². The Morgan fingerprint density at radius 1 is 1.50 bits per heavy atom. The maximum Gasteiger partial charge on any atom is 0.407 e. The van der Waals surface area contributed by atoms with Crippen LogP contribution < -0.4 is 10.6 Å². The van der Waals surface area contributed by atoms with Crippen LogP contribution in [-0.2, 0) is 9.53 Å². The third kappa shape index (κ3) is 3.69. The molecule has 1 fully saturated rings. The number of aliphatic carboxylic acids is 1. The molecule has 0 saturated carbocycles. The Labute approximate surface area is 94.3 Å². The average Bonchev–Trinajstić information content (AvgIpc) is 2.16. The normalized spacial score (nSPS) is 25.2. The number of hydrogen-bond acceptors (Lipinski definition) is 4. The standard InChI is InChI=1S/C10H18N2O4/c1-6(2)16-10(15)12-7-4-3-5-11-8(7)9(13)14/h6-8,11H,3-5H2,1-2H3,(H,12,15)(H,13,14)/t7-,8+/m0/s1. The fraction of sp³-hybridized carbons (Fsp3) is 0.800. The summed E-state index contributed by atoms with van der Waals surface area (Å²) >= 11 is 0. The van der Waals surface area contributed by atoms with Crippen molar-refractivity contribution in [3.05, 3.63) is 0 Å². The summed E-state index contributed by atoms with van der Waals surface area (Å²) in [5.74, 6) is -0.949. The second-order valence-corrected chi connectivity index (χ2v) is 4.12. The van der Waals surface area contributed by atoms with E-state index in [4.69, 9.17) is 9.84 Å². The molecule has 0 aliphatic carbocycles. The second kappa shape index (κ2) is 5.69. The fourth-order valence-corrected chi connectivity index (χ4v) is 1.70. The zero-order chi connectivity index (χ0) is 12.1. The molecule has 0 aromatic carbocycles. The highest BCUT2D eigenvalue weighted by Gasteiger charge is 2.31. The van der Waals surface area contributed by atoms with E-state index in [9.17, 15) is 9.59 Å². The van der Waals surface area contributed by atoms with Crippen LogP contribution in [-0.4, -0.2) is 41.9 Å². The van der Waals surface area contributed by atoms with Gasteiger partial charge < -0.3 is 20.5 Å². The predicted octanol–water partition coefficient (Wildman–Crippen LogP) is 0.326. The first kappa shape index (κ1) is 12.8. The van der Waals surface area contributed by atoms with Crippen molar-refractivity contribution in [3.63, 3.8) is 0 Å². The SMILES string of the molecule is CC(C)OC(=O)N[C@H]1CCCN[C@H]1C(=O)O. The van der Waals surface area contributed by atoms with Gasteiger partial charge in [0.05, 0.1) is 12.1 Å². The molecule has 6 heteroatoms. The van der Waals surface area contributed by atoms with Gasteiger partial charge in [0.2, 0.25) is 0 Å². The topological polar surface area (TPSA) is 87.7 Å². The molecular weight excluding hydrogens is 212 g/mol. The molecule has 0 spiro atoms. The maximum absolute atomic E-state index is 11.3. The van der Waals surface area contributed by atoms with Crippen LogP contribution in [0.3, 0.4) is 0 Å². The van der Waals surface area contributed by atoms with E-state index in [0.29, 0.717) is 13.0 Å². The smallest absolute Gasteiger partial charge is 0.407 e. The Bertz CT molecular complexity index is 268. The van der Waals surface area contributed by atoms with Crippen molar-refractivity contribution in [1.82, 2.24) is 10.6 Å². The Morgan fingerprint density at radius 2 is 2.19 bits per heavy atom. The van der Waals surface area contributed by atoms with Crippen molar-refractivity contribution in [2.75, 3.05) is 6.54 Å². The molecule has 16 heavy (non-hydrogen) atoms. The van der Waals surface area contributed by atoms with Crippen LogP contribution in [0.2, 0.25) is 0 Å². The van der Waals surface area contributed by atoms with E-state index in [-0.39, 0.29) is 6.10 Å². The molecular formula is C10H18N2O4. The number of carbonyl (C=O) groups is 2. The number of amides is 1. The molecule has 92 valence electrons. The van der Waals surface area contributed by atoms with E-state index >= 15 is 0 Å². The van der Waals surface area contributed by atoms with Gasteiger partial charge in [-0.25, -0.2) is 4.79 Å². The number of nitrogens with one attached hydrogen (secondary N) is 2. The third-order valence-electron chi connectivity index (χ3n) is 2.37. The van der Waals surface area contributed by atoms with Crippen molar-refractivity contribution in [1.29, 1.82) is 0 Å². The summed E-state index contributed by atoms with van der Waals surface area (Å²) in [7, 11) is 0. The molecule has 2 atom stereocenters. The van der Waals surface area contributed by atoms with E-state index in [0.717, 1.165) is 6.42 Å². The van der Waals surface area contributed by atoms with E-state index in [2.05, 4.69) is 10.6 Å². The Balaban J connectivity index is 2.49. The van der Waals surface area contributed by atoms with E-state index in [1.807, 2.05) is 0 Å². The molecule has 1 amide bonds. The summed E-state index contributed by atoms with van der Waals surface area (Å²) in [6.45, 7) is 4.15.